The summed E-state index contributed by atoms with van der Waals surface area (Å²) < 4.78 is 6.31. The van der Waals surface area contributed by atoms with Crippen LogP contribution in [0.2, 0.25) is 5.02 Å². The van der Waals surface area contributed by atoms with Gasteiger partial charge in [0, 0.05) is 17.3 Å². The molecule has 90 valence electrons. The van der Waals surface area contributed by atoms with E-state index in [1.54, 1.807) is 36.7 Å². The van der Waals surface area contributed by atoms with Crippen molar-refractivity contribution in [2.75, 3.05) is 7.11 Å². The topological polar surface area (TPSA) is 56.5 Å². The van der Waals surface area contributed by atoms with Gasteiger partial charge in [0.25, 0.3) is 0 Å². The molecule has 0 radical (unpaired) electrons. The Bertz CT molecular complexity index is 577. The lowest BCUT2D eigenvalue weighted by molar-refractivity contribution is -0.146. The second-order valence-corrected chi connectivity index (χ2v) is 4.64. The molecule has 17 heavy (non-hydrogen) atoms. The third kappa shape index (κ3) is 1.98. The third-order valence-electron chi connectivity index (χ3n) is 2.55. The van der Waals surface area contributed by atoms with Gasteiger partial charge >= 0.3 is 5.97 Å². The monoisotopic (exact) mass is 253 g/mol. The summed E-state index contributed by atoms with van der Waals surface area (Å²) in [5.74, 6) is 0.0334. The van der Waals surface area contributed by atoms with Gasteiger partial charge in [-0.05, 0) is 19.9 Å². The molecule has 0 amide bonds. The van der Waals surface area contributed by atoms with Gasteiger partial charge in [-0.1, -0.05) is 11.6 Å². The van der Waals surface area contributed by atoms with Gasteiger partial charge < -0.3 is 4.74 Å². The Hall–Kier alpha value is -1.62. The SMILES string of the molecule is COC(=O)C(C)(C)c1nc2cc(Cl)ccn2n1. The van der Waals surface area contributed by atoms with E-state index in [0.29, 0.717) is 16.5 Å². The number of pyridine rings is 1. The maximum absolute atomic E-state index is 11.6. The van der Waals surface area contributed by atoms with E-state index in [0.717, 1.165) is 0 Å². The van der Waals surface area contributed by atoms with Crippen LogP contribution >= 0.6 is 11.6 Å². The maximum Gasteiger partial charge on any atom is 0.319 e. The van der Waals surface area contributed by atoms with Gasteiger partial charge in [0.2, 0.25) is 0 Å². The van der Waals surface area contributed by atoms with Crippen molar-refractivity contribution in [3.8, 4) is 0 Å². The highest BCUT2D eigenvalue weighted by molar-refractivity contribution is 6.30. The minimum atomic E-state index is -0.882. The number of aromatic nitrogens is 3. The smallest absolute Gasteiger partial charge is 0.319 e. The van der Waals surface area contributed by atoms with Gasteiger partial charge in [-0.3, -0.25) is 4.79 Å². The summed E-state index contributed by atoms with van der Waals surface area (Å²) in [4.78, 5) is 15.9. The number of hydrogen-bond acceptors (Lipinski definition) is 4. The molecule has 2 aromatic heterocycles. The van der Waals surface area contributed by atoms with Gasteiger partial charge in [0.1, 0.15) is 5.41 Å². The molecule has 2 rings (SSSR count). The zero-order valence-electron chi connectivity index (χ0n) is 9.77. The second-order valence-electron chi connectivity index (χ2n) is 4.20. The lowest BCUT2D eigenvalue weighted by Gasteiger charge is -2.16. The average Bonchev–Trinajstić information content (AvgIpc) is 2.71. The van der Waals surface area contributed by atoms with Crippen LogP contribution in [0.15, 0.2) is 18.3 Å². The molecule has 2 heterocycles. The Morgan fingerprint density at radius 2 is 2.24 bits per heavy atom. The van der Waals surface area contributed by atoms with Crippen molar-refractivity contribution < 1.29 is 9.53 Å². The van der Waals surface area contributed by atoms with E-state index >= 15 is 0 Å². The Morgan fingerprint density at radius 1 is 1.53 bits per heavy atom. The molecule has 6 heteroatoms. The van der Waals surface area contributed by atoms with E-state index in [-0.39, 0.29) is 5.97 Å². The first kappa shape index (κ1) is 11.9. The minimum absolute atomic E-state index is 0.375. The first-order chi connectivity index (χ1) is 7.95. The average molecular weight is 254 g/mol. The number of carbonyl (C=O) groups excluding carboxylic acids is 1. The lowest BCUT2D eigenvalue weighted by Crippen LogP contribution is -2.31. The summed E-state index contributed by atoms with van der Waals surface area (Å²) in [5, 5.41) is 4.82. The second kappa shape index (κ2) is 4.00. The third-order valence-corrected chi connectivity index (χ3v) is 2.79. The first-order valence-corrected chi connectivity index (χ1v) is 5.44. The number of hydrogen-bond donors (Lipinski definition) is 0. The number of ether oxygens (including phenoxy) is 1. The van der Waals surface area contributed by atoms with E-state index in [1.165, 1.54) is 7.11 Å². The van der Waals surface area contributed by atoms with Crippen molar-refractivity contribution in [2.45, 2.75) is 19.3 Å². The Balaban J connectivity index is 2.53. The van der Waals surface area contributed by atoms with Crippen LogP contribution < -0.4 is 0 Å². The Labute approximate surface area is 103 Å². The molecule has 0 fully saturated rings. The van der Waals surface area contributed by atoms with Crippen LogP contribution in [-0.4, -0.2) is 27.7 Å². The van der Waals surface area contributed by atoms with Gasteiger partial charge in [-0.15, -0.1) is 0 Å². The van der Waals surface area contributed by atoms with Gasteiger partial charge in [0.05, 0.1) is 7.11 Å². The quantitative estimate of drug-likeness (QED) is 0.767. The highest BCUT2D eigenvalue weighted by atomic mass is 35.5. The van der Waals surface area contributed by atoms with Crippen molar-refractivity contribution >= 4 is 23.2 Å². The highest BCUT2D eigenvalue weighted by Crippen LogP contribution is 2.22. The van der Waals surface area contributed by atoms with E-state index < -0.39 is 5.41 Å². The van der Waals surface area contributed by atoms with Crippen molar-refractivity contribution in [1.82, 2.24) is 14.6 Å². The fourth-order valence-electron chi connectivity index (χ4n) is 1.47. The van der Waals surface area contributed by atoms with Crippen LogP contribution in [0, 0.1) is 0 Å². The Morgan fingerprint density at radius 3 is 2.88 bits per heavy atom. The molecular weight excluding hydrogens is 242 g/mol. The first-order valence-electron chi connectivity index (χ1n) is 5.06. The van der Waals surface area contributed by atoms with Gasteiger partial charge in [-0.25, -0.2) is 9.50 Å². The molecule has 0 aliphatic rings. The van der Waals surface area contributed by atoms with Gasteiger partial charge in [0.15, 0.2) is 11.5 Å². The zero-order valence-corrected chi connectivity index (χ0v) is 10.5. The van der Waals surface area contributed by atoms with Gasteiger partial charge in [-0.2, -0.15) is 5.10 Å². The predicted octanol–water partition coefficient (Wildman–Crippen LogP) is 1.83. The normalized spacial score (nSPS) is 11.8. The summed E-state index contributed by atoms with van der Waals surface area (Å²) in [6.07, 6.45) is 1.70. The standard InChI is InChI=1S/C11H12ClN3O2/c1-11(2,10(16)17-3)9-13-8-6-7(12)4-5-15(8)14-9/h4-6H,1-3H3. The van der Waals surface area contributed by atoms with Crippen molar-refractivity contribution in [3.05, 3.63) is 29.2 Å². The van der Waals surface area contributed by atoms with Crippen LogP contribution in [0.4, 0.5) is 0 Å². The molecule has 0 saturated heterocycles. The number of fused-ring (bicyclic) bond motifs is 1. The van der Waals surface area contributed by atoms with Crippen LogP contribution in [0.25, 0.3) is 5.65 Å². The van der Waals surface area contributed by atoms with E-state index in [9.17, 15) is 4.79 Å². The number of nitrogens with zero attached hydrogens (tertiary/aromatic N) is 3. The van der Waals surface area contributed by atoms with E-state index in [1.807, 2.05) is 0 Å². The molecule has 0 bridgehead atoms. The van der Waals surface area contributed by atoms with Crippen LogP contribution in [-0.2, 0) is 14.9 Å². The summed E-state index contributed by atoms with van der Waals surface area (Å²) in [6.45, 7) is 3.43. The summed E-state index contributed by atoms with van der Waals surface area (Å²) >= 11 is 5.86. The fraction of sp³-hybridized carbons (Fsp3) is 0.364. The molecule has 0 N–H and O–H groups in total. The number of rotatable bonds is 2. The highest BCUT2D eigenvalue weighted by Gasteiger charge is 2.35. The number of carbonyl (C=O) groups is 1. The summed E-state index contributed by atoms with van der Waals surface area (Å²) in [5.41, 5.74) is -0.280. The van der Waals surface area contributed by atoms with E-state index in [2.05, 4.69) is 10.1 Å². The molecule has 5 nitrogen and oxygen atoms in total. The number of halogens is 1. The molecular formula is C11H12ClN3O2. The molecule has 2 aromatic rings. The van der Waals surface area contributed by atoms with Crippen molar-refractivity contribution in [1.29, 1.82) is 0 Å². The van der Waals surface area contributed by atoms with Crippen LogP contribution in [0.3, 0.4) is 0 Å². The van der Waals surface area contributed by atoms with Crippen molar-refractivity contribution in [3.63, 3.8) is 0 Å². The molecule has 0 spiro atoms. The fourth-order valence-corrected chi connectivity index (χ4v) is 1.62. The molecule has 0 saturated carbocycles. The van der Waals surface area contributed by atoms with Crippen LogP contribution in [0.1, 0.15) is 19.7 Å². The largest absolute Gasteiger partial charge is 0.468 e. The number of esters is 1. The van der Waals surface area contributed by atoms with E-state index in [4.69, 9.17) is 16.3 Å². The summed E-state index contributed by atoms with van der Waals surface area (Å²) in [7, 11) is 1.34. The van der Waals surface area contributed by atoms with Crippen molar-refractivity contribution in [2.24, 2.45) is 0 Å². The minimum Gasteiger partial charge on any atom is -0.468 e. The molecule has 0 aliphatic carbocycles. The summed E-state index contributed by atoms with van der Waals surface area (Å²) in [6, 6.07) is 3.39. The maximum atomic E-state index is 11.6. The number of methoxy groups -OCH3 is 1. The molecule has 0 aromatic carbocycles. The Kier molecular flexibility index (Phi) is 2.79. The molecule has 0 atom stereocenters. The predicted molar refractivity (Wildman–Crippen MR) is 63.0 cm³/mol. The zero-order chi connectivity index (χ0) is 12.6. The lowest BCUT2D eigenvalue weighted by atomic mass is 9.93. The van der Waals surface area contributed by atoms with Crippen LogP contribution in [0.5, 0.6) is 0 Å². The molecule has 0 aliphatic heterocycles. The molecule has 0 unspecified atom stereocenters.